The van der Waals surface area contributed by atoms with Gasteiger partial charge in [0.1, 0.15) is 18.1 Å². The molecular weight excluding hydrogens is 421 g/mol. The van der Waals surface area contributed by atoms with Crippen molar-refractivity contribution in [1.29, 1.82) is 0 Å². The number of hydrogen-bond donors (Lipinski definition) is 2. The van der Waals surface area contributed by atoms with Gasteiger partial charge in [-0.15, -0.1) is 0 Å². The third-order valence-corrected chi connectivity index (χ3v) is 5.42. The molecule has 7 nitrogen and oxygen atoms in total. The lowest BCUT2D eigenvalue weighted by Crippen LogP contribution is -2.36. The van der Waals surface area contributed by atoms with Crippen molar-refractivity contribution in [3.05, 3.63) is 83.3 Å². The summed E-state index contributed by atoms with van der Waals surface area (Å²) in [5, 5.41) is 11.2. The lowest BCUT2D eigenvalue weighted by Gasteiger charge is -2.12. The van der Waals surface area contributed by atoms with Crippen molar-refractivity contribution in [2.45, 2.75) is 0 Å². The highest BCUT2D eigenvalue weighted by Crippen LogP contribution is 2.32. The summed E-state index contributed by atoms with van der Waals surface area (Å²) in [6.45, 7) is -0.519. The molecule has 0 bridgehead atoms. The number of carbonyl (C=O) groups is 3. The summed E-state index contributed by atoms with van der Waals surface area (Å²) < 4.78 is 15.5. The van der Waals surface area contributed by atoms with E-state index in [2.05, 4.69) is 5.32 Å². The van der Waals surface area contributed by atoms with E-state index in [0.717, 1.165) is 22.3 Å². The number of carbonyl (C=O) groups excluding carboxylic acids is 3. The molecule has 0 unspecified atom stereocenters. The largest absolute Gasteiger partial charge is 0.508 e. The van der Waals surface area contributed by atoms with Crippen LogP contribution in [-0.4, -0.2) is 38.2 Å². The Hall–Kier alpha value is -3.85. The molecule has 4 rings (SSSR count). The van der Waals surface area contributed by atoms with Crippen molar-refractivity contribution < 1.29 is 23.9 Å². The Labute approximate surface area is 180 Å². The minimum atomic E-state index is -0.680. The number of nitrogens with zero attached hydrogens (tertiary/aromatic N) is 2. The predicted molar refractivity (Wildman–Crippen MR) is 115 cm³/mol. The topological polar surface area (TPSA) is 91.6 Å². The van der Waals surface area contributed by atoms with E-state index < -0.39 is 29.4 Å². The van der Waals surface area contributed by atoms with Crippen LogP contribution in [0.25, 0.3) is 11.8 Å². The van der Waals surface area contributed by atoms with E-state index in [0.29, 0.717) is 5.69 Å². The number of benzene rings is 2. The van der Waals surface area contributed by atoms with Gasteiger partial charge >= 0.3 is 0 Å². The number of rotatable bonds is 5. The highest BCUT2D eigenvalue weighted by Gasteiger charge is 2.36. The highest BCUT2D eigenvalue weighted by atomic mass is 32.2. The number of phenols is 1. The van der Waals surface area contributed by atoms with E-state index in [1.54, 1.807) is 59.3 Å². The number of thioether (sulfide) groups is 1. The molecule has 2 heterocycles. The number of imide groups is 1. The van der Waals surface area contributed by atoms with Crippen LogP contribution in [0.4, 0.5) is 14.9 Å². The van der Waals surface area contributed by atoms with Crippen LogP contribution in [0.15, 0.2) is 71.8 Å². The molecule has 0 aliphatic carbocycles. The lowest BCUT2D eigenvalue weighted by atomic mass is 10.3. The summed E-state index contributed by atoms with van der Waals surface area (Å²) >= 11 is 0.729. The van der Waals surface area contributed by atoms with Crippen LogP contribution in [0, 0.1) is 5.82 Å². The van der Waals surface area contributed by atoms with E-state index in [1.807, 2.05) is 0 Å². The zero-order valence-electron chi connectivity index (χ0n) is 16.0. The fourth-order valence-electron chi connectivity index (χ4n) is 3.03. The average molecular weight is 437 g/mol. The van der Waals surface area contributed by atoms with Gasteiger partial charge in [-0.3, -0.25) is 19.3 Å². The molecule has 0 spiro atoms. The molecule has 156 valence electrons. The maximum atomic E-state index is 13.7. The molecule has 31 heavy (non-hydrogen) atoms. The molecule has 1 aromatic heterocycles. The molecule has 1 saturated heterocycles. The summed E-state index contributed by atoms with van der Waals surface area (Å²) in [6, 6.07) is 15.7. The molecule has 2 aromatic carbocycles. The summed E-state index contributed by atoms with van der Waals surface area (Å²) in [4.78, 5) is 38.2. The number of anilines is 1. The van der Waals surface area contributed by atoms with Gasteiger partial charge in [0.25, 0.3) is 11.1 Å². The molecule has 3 amide bonds. The van der Waals surface area contributed by atoms with Crippen LogP contribution in [-0.2, 0) is 9.59 Å². The number of nitrogens with one attached hydrogen (secondary N) is 1. The van der Waals surface area contributed by atoms with Gasteiger partial charge in [-0.25, -0.2) is 4.39 Å². The van der Waals surface area contributed by atoms with Crippen molar-refractivity contribution in [3.63, 3.8) is 0 Å². The van der Waals surface area contributed by atoms with Gasteiger partial charge in [0.05, 0.1) is 10.6 Å². The number of phenolic OH excluding ortho intramolecular Hbond substituents is 1. The summed E-state index contributed by atoms with van der Waals surface area (Å²) in [7, 11) is 0. The molecule has 1 fully saturated rings. The fourth-order valence-corrected chi connectivity index (χ4v) is 3.85. The van der Waals surface area contributed by atoms with Crippen LogP contribution in [0.5, 0.6) is 5.75 Å². The zero-order valence-corrected chi connectivity index (χ0v) is 16.8. The van der Waals surface area contributed by atoms with Gasteiger partial charge in [0.2, 0.25) is 5.91 Å². The van der Waals surface area contributed by atoms with E-state index in [9.17, 15) is 23.9 Å². The van der Waals surface area contributed by atoms with E-state index in [1.165, 1.54) is 18.2 Å². The van der Waals surface area contributed by atoms with Gasteiger partial charge in [-0.1, -0.05) is 12.1 Å². The number of aromatic nitrogens is 1. The van der Waals surface area contributed by atoms with Gasteiger partial charge in [-0.2, -0.15) is 0 Å². The molecule has 0 atom stereocenters. The normalized spacial score (nSPS) is 15.0. The first-order valence-electron chi connectivity index (χ1n) is 9.19. The van der Waals surface area contributed by atoms with Gasteiger partial charge in [-0.05, 0) is 66.4 Å². The summed E-state index contributed by atoms with van der Waals surface area (Å²) in [6.07, 6.45) is 3.34. The first-order chi connectivity index (χ1) is 14.9. The monoisotopic (exact) mass is 437 g/mol. The Morgan fingerprint density at radius 2 is 1.81 bits per heavy atom. The van der Waals surface area contributed by atoms with E-state index >= 15 is 0 Å². The fraction of sp³-hybridized carbons (Fsp3) is 0.0455. The number of para-hydroxylation sites is 1. The molecule has 9 heteroatoms. The Kier molecular flexibility index (Phi) is 5.59. The minimum Gasteiger partial charge on any atom is -0.508 e. The number of amides is 3. The van der Waals surface area contributed by atoms with Crippen LogP contribution in [0.1, 0.15) is 5.69 Å². The molecule has 0 radical (unpaired) electrons. The predicted octanol–water partition coefficient (Wildman–Crippen LogP) is 4.00. The van der Waals surface area contributed by atoms with Crippen molar-refractivity contribution in [2.75, 3.05) is 11.9 Å². The van der Waals surface area contributed by atoms with Gasteiger partial charge < -0.3 is 15.0 Å². The molecule has 1 aliphatic heterocycles. The first kappa shape index (κ1) is 20.4. The van der Waals surface area contributed by atoms with Crippen molar-refractivity contribution in [2.24, 2.45) is 0 Å². The lowest BCUT2D eigenvalue weighted by molar-refractivity contribution is -0.127. The second-order valence-electron chi connectivity index (χ2n) is 6.62. The molecule has 0 saturated carbocycles. The zero-order chi connectivity index (χ0) is 22.0. The maximum absolute atomic E-state index is 13.7. The minimum absolute atomic E-state index is 0.0262. The highest BCUT2D eigenvalue weighted by molar-refractivity contribution is 8.18. The van der Waals surface area contributed by atoms with Crippen LogP contribution >= 0.6 is 11.8 Å². The van der Waals surface area contributed by atoms with E-state index in [-0.39, 0.29) is 16.3 Å². The van der Waals surface area contributed by atoms with Crippen LogP contribution in [0.2, 0.25) is 0 Å². The number of halogens is 1. The maximum Gasteiger partial charge on any atom is 0.294 e. The summed E-state index contributed by atoms with van der Waals surface area (Å²) in [5.41, 5.74) is 1.38. The van der Waals surface area contributed by atoms with Crippen molar-refractivity contribution in [1.82, 2.24) is 9.47 Å². The third-order valence-electron chi connectivity index (χ3n) is 4.51. The quantitative estimate of drug-likeness (QED) is 0.589. The van der Waals surface area contributed by atoms with Crippen molar-refractivity contribution >= 4 is 40.6 Å². The van der Waals surface area contributed by atoms with Crippen LogP contribution < -0.4 is 5.32 Å². The molecule has 1 aliphatic rings. The second-order valence-corrected chi connectivity index (χ2v) is 7.61. The number of aromatic hydroxyl groups is 1. The Bertz CT molecular complexity index is 1200. The standard InChI is InChI=1S/C22H16FN3O4S/c23-17-5-1-2-6-18(17)24-20(28)13-26-21(29)19(31-22(26)30)12-15-4-3-11-25(15)14-7-9-16(27)10-8-14/h1-12,27H,13H2,(H,24,28)/b19-12-. The van der Waals surface area contributed by atoms with Gasteiger partial charge in [0.15, 0.2) is 0 Å². The SMILES string of the molecule is O=C(CN1C(=O)S/C(=C\c2cccn2-c2ccc(O)cc2)C1=O)Nc1ccccc1F. The van der Waals surface area contributed by atoms with Crippen LogP contribution in [0.3, 0.4) is 0 Å². The second kappa shape index (κ2) is 8.49. The third kappa shape index (κ3) is 4.36. The molecule has 2 N–H and O–H groups in total. The van der Waals surface area contributed by atoms with E-state index in [4.69, 9.17) is 0 Å². The Balaban J connectivity index is 1.51. The van der Waals surface area contributed by atoms with Crippen molar-refractivity contribution in [3.8, 4) is 11.4 Å². The average Bonchev–Trinajstić information content (AvgIpc) is 3.30. The van der Waals surface area contributed by atoms with Gasteiger partial charge in [0, 0.05) is 17.6 Å². The Morgan fingerprint density at radius 1 is 1.06 bits per heavy atom. The first-order valence-corrected chi connectivity index (χ1v) is 10.0. The molecular formula is C22H16FN3O4S. The Morgan fingerprint density at radius 3 is 2.55 bits per heavy atom. The molecule has 3 aromatic rings. The smallest absolute Gasteiger partial charge is 0.294 e. The number of hydrogen-bond acceptors (Lipinski definition) is 5. The summed E-state index contributed by atoms with van der Waals surface area (Å²) in [5.74, 6) is -1.76.